The molecule has 0 saturated heterocycles. The summed E-state index contributed by atoms with van der Waals surface area (Å²) < 4.78 is 19.7. The highest BCUT2D eigenvalue weighted by Gasteiger charge is 2.35. The number of rotatable bonds is 14. The minimum Gasteiger partial charge on any atom is -0.507 e. The molecule has 0 aliphatic rings. The number of ether oxygens (including phenoxy) is 3. The van der Waals surface area contributed by atoms with E-state index in [1.165, 1.54) is 0 Å². The second-order valence-electron chi connectivity index (χ2n) is 32.0. The lowest BCUT2D eigenvalue weighted by Crippen LogP contribution is -2.23. The first-order valence-electron chi connectivity index (χ1n) is 31.7. The number of hydrogen-bond donors (Lipinski definition) is 3. The largest absolute Gasteiger partial charge is 0.507 e. The average Bonchev–Trinajstić information content (AvgIpc) is 2.41. The van der Waals surface area contributed by atoms with E-state index in [4.69, 9.17) is 14.2 Å². The van der Waals surface area contributed by atoms with Crippen LogP contribution in [0, 0.1) is 41.5 Å². The molecule has 0 fully saturated rings. The van der Waals surface area contributed by atoms with E-state index in [-0.39, 0.29) is 51.3 Å². The maximum atomic E-state index is 14.5. The number of carbonyl (C=O) groups is 3. The SMILES string of the molecule is Cc1cc(C(C)C(=O)Oc2c(C)cc(C(C)CC(c3cc(C)c(OC(=O)C(C)c4cc(C)c(O)c(C(C)(C)C)c4)c(C(C)(C)C)c3)c3cc(C)c(OC(=O)C(C)c4cc(C)c(O)c(C(C)(C)C)c4)c(C(C)(C)C)c3)cc2C(C)(C)C)cc(C(C)(C)C)c1O. The Balaban J connectivity index is 1.51. The number of hydrogen-bond acceptors (Lipinski definition) is 9. The van der Waals surface area contributed by atoms with Crippen molar-refractivity contribution in [2.24, 2.45) is 0 Å². The molecule has 0 aromatic heterocycles. The smallest absolute Gasteiger partial charge is 0.318 e. The number of benzene rings is 6. The minimum absolute atomic E-state index is 0.0590. The van der Waals surface area contributed by atoms with Crippen LogP contribution < -0.4 is 14.2 Å². The molecular weight excluding hydrogens is 1090 g/mol. The number of phenolic OH excluding ortho intramolecular Hbond substituents is 3. The molecule has 4 unspecified atom stereocenters. The minimum atomic E-state index is -0.633. The highest BCUT2D eigenvalue weighted by molar-refractivity contribution is 5.83. The maximum Gasteiger partial charge on any atom is 0.318 e. The highest BCUT2D eigenvalue weighted by Crippen LogP contribution is 2.48. The molecule has 0 amide bonds. The van der Waals surface area contributed by atoms with Gasteiger partial charge in [0, 0.05) is 22.6 Å². The van der Waals surface area contributed by atoms with E-state index >= 15 is 0 Å². The first-order chi connectivity index (χ1) is 40.0. The van der Waals surface area contributed by atoms with Crippen molar-refractivity contribution in [1.82, 2.24) is 0 Å². The monoisotopic (exact) mass is 1200 g/mol. The predicted octanol–water partition coefficient (Wildman–Crippen LogP) is 19.9. The van der Waals surface area contributed by atoms with Crippen LogP contribution in [-0.2, 0) is 46.9 Å². The van der Waals surface area contributed by atoms with Gasteiger partial charge in [0.25, 0.3) is 0 Å². The third-order valence-electron chi connectivity index (χ3n) is 17.8. The Morgan fingerprint density at radius 2 is 0.523 bits per heavy atom. The van der Waals surface area contributed by atoms with Crippen LogP contribution in [0.1, 0.15) is 288 Å². The van der Waals surface area contributed by atoms with Crippen molar-refractivity contribution < 1.29 is 43.9 Å². The lowest BCUT2D eigenvalue weighted by atomic mass is 9.75. The third kappa shape index (κ3) is 15.4. The number of aromatic hydroxyl groups is 3. The van der Waals surface area contributed by atoms with Crippen LogP contribution in [0.3, 0.4) is 0 Å². The fourth-order valence-electron chi connectivity index (χ4n) is 12.0. The summed E-state index contributed by atoms with van der Waals surface area (Å²) in [5, 5.41) is 33.2. The molecule has 0 spiro atoms. The third-order valence-corrected chi connectivity index (χ3v) is 17.8. The molecular formula is C79H106O9. The summed E-state index contributed by atoms with van der Waals surface area (Å²) in [6.07, 6.45) is 0.639. The van der Waals surface area contributed by atoms with Gasteiger partial charge in [-0.2, -0.15) is 0 Å². The van der Waals surface area contributed by atoms with E-state index in [9.17, 15) is 29.7 Å². The van der Waals surface area contributed by atoms with Gasteiger partial charge in [-0.05, 0) is 191 Å². The first-order valence-corrected chi connectivity index (χ1v) is 31.7. The van der Waals surface area contributed by atoms with E-state index in [0.29, 0.717) is 40.4 Å². The van der Waals surface area contributed by atoms with Crippen molar-refractivity contribution in [3.63, 3.8) is 0 Å². The summed E-state index contributed by atoms with van der Waals surface area (Å²) >= 11 is 0. The summed E-state index contributed by atoms with van der Waals surface area (Å²) in [6.45, 7) is 57.1. The molecule has 6 aromatic rings. The normalized spacial score (nSPS) is 14.5. The number of carbonyl (C=O) groups excluding carboxylic acids is 3. The quantitative estimate of drug-likeness (QED) is 0.0718. The Kier molecular flexibility index (Phi) is 20.1. The Labute approximate surface area is 529 Å². The van der Waals surface area contributed by atoms with Gasteiger partial charge in [0.15, 0.2) is 0 Å². The van der Waals surface area contributed by atoms with E-state index in [2.05, 4.69) is 106 Å². The highest BCUT2D eigenvalue weighted by atomic mass is 16.5. The Morgan fingerprint density at radius 1 is 0.318 bits per heavy atom. The summed E-state index contributed by atoms with van der Waals surface area (Å²) in [5.41, 5.74) is 12.6. The Bertz CT molecular complexity index is 3480. The molecule has 0 bridgehead atoms. The molecule has 0 saturated carbocycles. The van der Waals surface area contributed by atoms with E-state index < -0.39 is 45.9 Å². The van der Waals surface area contributed by atoms with E-state index in [0.717, 1.165) is 83.5 Å². The molecule has 476 valence electrons. The Morgan fingerprint density at radius 3 is 0.761 bits per heavy atom. The van der Waals surface area contributed by atoms with Crippen molar-refractivity contribution in [2.75, 3.05) is 0 Å². The van der Waals surface area contributed by atoms with Gasteiger partial charge in [-0.15, -0.1) is 0 Å². The fraction of sp³-hybridized carbons (Fsp3) is 0.506. The van der Waals surface area contributed by atoms with E-state index in [1.54, 1.807) is 0 Å². The predicted molar refractivity (Wildman–Crippen MR) is 361 cm³/mol. The van der Waals surface area contributed by atoms with Gasteiger partial charge in [-0.25, -0.2) is 0 Å². The molecule has 6 rings (SSSR count). The van der Waals surface area contributed by atoms with Gasteiger partial charge in [0.1, 0.15) is 34.5 Å². The molecule has 0 heterocycles. The van der Waals surface area contributed by atoms with Gasteiger partial charge in [0.2, 0.25) is 0 Å². The second kappa shape index (κ2) is 25.2. The lowest BCUT2D eigenvalue weighted by Gasteiger charge is -2.31. The number of aryl methyl sites for hydroxylation is 6. The zero-order chi connectivity index (χ0) is 66.8. The Hall–Kier alpha value is -6.87. The van der Waals surface area contributed by atoms with Crippen molar-refractivity contribution in [1.29, 1.82) is 0 Å². The topological polar surface area (TPSA) is 140 Å². The van der Waals surface area contributed by atoms with Gasteiger partial charge in [0.05, 0.1) is 17.8 Å². The molecule has 4 atom stereocenters. The number of phenols is 3. The molecule has 0 radical (unpaired) electrons. The lowest BCUT2D eigenvalue weighted by molar-refractivity contribution is -0.136. The second-order valence-corrected chi connectivity index (χ2v) is 32.0. The van der Waals surface area contributed by atoms with Crippen LogP contribution in [0.25, 0.3) is 0 Å². The standard InChI is InChI=1S/C79H106O9/c1-42(52-32-46(5)68(62(36-52)77(20,21)22)86-71(83)49(8)53-29-43(2)65(80)59(37-53)74(11,12)13)35-58(56-33-47(6)69(63(40-56)78(23,24)25)87-72(84)50(9)54-30-44(3)66(81)60(38-54)75(14,15)16)57-34-48(7)70(64(41-57)79(26,27)28)88-73(85)51(10)55-31-45(4)67(82)61(39-55)76(17,18)19/h29-34,36-42,49-51,58,80-82H,35H2,1-28H3. The number of esters is 3. The first kappa shape index (κ1) is 70.2. The molecule has 6 aromatic carbocycles. The summed E-state index contributed by atoms with van der Waals surface area (Å²) in [7, 11) is 0. The maximum absolute atomic E-state index is 14.5. The van der Waals surface area contributed by atoms with Crippen LogP contribution in [0.4, 0.5) is 0 Å². The van der Waals surface area contributed by atoms with Gasteiger partial charge < -0.3 is 29.5 Å². The summed E-state index contributed by atoms with van der Waals surface area (Å²) in [4.78, 5) is 43.4. The van der Waals surface area contributed by atoms with Crippen LogP contribution in [-0.4, -0.2) is 33.2 Å². The van der Waals surface area contributed by atoms with Crippen LogP contribution in [0.5, 0.6) is 34.5 Å². The van der Waals surface area contributed by atoms with Crippen molar-refractivity contribution >= 4 is 17.9 Å². The van der Waals surface area contributed by atoms with Gasteiger partial charge in [-0.3, -0.25) is 14.4 Å². The summed E-state index contributed by atoms with van der Waals surface area (Å²) in [5.74, 6) is -1.04. The zero-order valence-corrected chi connectivity index (χ0v) is 58.8. The van der Waals surface area contributed by atoms with Crippen molar-refractivity contribution in [2.45, 2.75) is 262 Å². The molecule has 0 aliphatic carbocycles. The fourth-order valence-corrected chi connectivity index (χ4v) is 12.0. The molecule has 9 nitrogen and oxygen atoms in total. The van der Waals surface area contributed by atoms with Crippen LogP contribution in [0.2, 0.25) is 0 Å². The molecule has 0 aliphatic heterocycles. The van der Waals surface area contributed by atoms with E-state index in [1.807, 2.05) is 161 Å². The molecule has 88 heavy (non-hydrogen) atoms. The van der Waals surface area contributed by atoms with Gasteiger partial charge >= 0.3 is 17.9 Å². The van der Waals surface area contributed by atoms with Crippen molar-refractivity contribution in [3.8, 4) is 34.5 Å². The van der Waals surface area contributed by atoms with Crippen LogP contribution in [0.15, 0.2) is 72.8 Å². The average molecular weight is 1200 g/mol. The van der Waals surface area contributed by atoms with Crippen molar-refractivity contribution in [3.05, 3.63) is 173 Å². The molecule has 9 heteroatoms. The van der Waals surface area contributed by atoms with Crippen LogP contribution >= 0.6 is 0 Å². The van der Waals surface area contributed by atoms with Gasteiger partial charge in [-0.1, -0.05) is 204 Å². The summed E-state index contributed by atoms with van der Waals surface area (Å²) in [6, 6.07) is 24.5. The zero-order valence-electron chi connectivity index (χ0n) is 58.8. The molecule has 3 N–H and O–H groups in total.